The summed E-state index contributed by atoms with van der Waals surface area (Å²) in [4.78, 5) is 2.10. The summed E-state index contributed by atoms with van der Waals surface area (Å²) in [6, 6.07) is 5.12. The van der Waals surface area contributed by atoms with Crippen molar-refractivity contribution >= 4 is 11.6 Å². The standard InChI is InChI=1S/C14H20ClFN2O/c1-9-12(6-7-19-9)18(2)13(8-17)10-4-3-5-11(15)14(10)16/h3-5,9,12-13H,6-8,17H2,1-2H3. The molecule has 1 aliphatic heterocycles. The van der Waals surface area contributed by atoms with E-state index in [1.807, 2.05) is 14.0 Å². The van der Waals surface area contributed by atoms with E-state index in [0.717, 1.165) is 13.0 Å². The van der Waals surface area contributed by atoms with Crippen LogP contribution in [0.2, 0.25) is 5.02 Å². The number of ether oxygens (including phenoxy) is 1. The van der Waals surface area contributed by atoms with Gasteiger partial charge in [-0.05, 0) is 26.5 Å². The molecule has 3 unspecified atom stereocenters. The highest BCUT2D eigenvalue weighted by Gasteiger charge is 2.33. The zero-order valence-electron chi connectivity index (χ0n) is 11.3. The van der Waals surface area contributed by atoms with Gasteiger partial charge in [0.2, 0.25) is 0 Å². The molecule has 1 aromatic rings. The lowest BCUT2D eigenvalue weighted by molar-refractivity contribution is 0.0679. The lowest BCUT2D eigenvalue weighted by Gasteiger charge is -2.34. The summed E-state index contributed by atoms with van der Waals surface area (Å²) in [6.07, 6.45) is 1.08. The molecule has 0 saturated carbocycles. The lowest BCUT2D eigenvalue weighted by atomic mass is 10.0. The van der Waals surface area contributed by atoms with E-state index in [0.29, 0.717) is 12.1 Å². The highest BCUT2D eigenvalue weighted by molar-refractivity contribution is 6.30. The van der Waals surface area contributed by atoms with Crippen molar-refractivity contribution in [3.8, 4) is 0 Å². The molecule has 0 radical (unpaired) electrons. The summed E-state index contributed by atoms with van der Waals surface area (Å²) in [5, 5.41) is 0.139. The highest BCUT2D eigenvalue weighted by Crippen LogP contribution is 2.30. The highest BCUT2D eigenvalue weighted by atomic mass is 35.5. The molecule has 0 aliphatic carbocycles. The minimum absolute atomic E-state index is 0.139. The van der Waals surface area contributed by atoms with Crippen molar-refractivity contribution in [3.05, 3.63) is 34.6 Å². The van der Waals surface area contributed by atoms with Gasteiger partial charge in [0.25, 0.3) is 0 Å². The topological polar surface area (TPSA) is 38.5 Å². The maximum Gasteiger partial charge on any atom is 0.146 e. The Balaban J connectivity index is 2.26. The van der Waals surface area contributed by atoms with Crippen LogP contribution in [0.25, 0.3) is 0 Å². The Hall–Kier alpha value is -0.680. The fraction of sp³-hybridized carbons (Fsp3) is 0.571. The molecule has 3 nitrogen and oxygen atoms in total. The number of nitrogens with zero attached hydrogens (tertiary/aromatic N) is 1. The second kappa shape index (κ2) is 6.18. The number of halogens is 2. The Morgan fingerprint density at radius 1 is 1.58 bits per heavy atom. The summed E-state index contributed by atoms with van der Waals surface area (Å²) in [7, 11) is 1.97. The first-order chi connectivity index (χ1) is 9.06. The predicted octanol–water partition coefficient (Wildman–Crippen LogP) is 2.59. The van der Waals surface area contributed by atoms with Gasteiger partial charge >= 0.3 is 0 Å². The zero-order valence-corrected chi connectivity index (χ0v) is 12.0. The number of hydrogen-bond acceptors (Lipinski definition) is 3. The fourth-order valence-corrected chi connectivity index (χ4v) is 2.96. The molecule has 1 aliphatic rings. The summed E-state index contributed by atoms with van der Waals surface area (Å²) >= 11 is 5.85. The van der Waals surface area contributed by atoms with Crippen LogP contribution < -0.4 is 5.73 Å². The van der Waals surface area contributed by atoms with Crippen molar-refractivity contribution in [2.24, 2.45) is 5.73 Å². The van der Waals surface area contributed by atoms with E-state index in [4.69, 9.17) is 22.1 Å². The molecule has 0 aromatic heterocycles. The molecule has 2 rings (SSSR count). The van der Waals surface area contributed by atoms with E-state index >= 15 is 0 Å². The predicted molar refractivity (Wildman–Crippen MR) is 74.8 cm³/mol. The van der Waals surface area contributed by atoms with Crippen LogP contribution in [0, 0.1) is 5.82 Å². The van der Waals surface area contributed by atoms with Gasteiger partial charge in [0.15, 0.2) is 0 Å². The van der Waals surface area contributed by atoms with Crippen LogP contribution in [-0.2, 0) is 4.74 Å². The van der Waals surface area contributed by atoms with Gasteiger partial charge in [-0.1, -0.05) is 23.7 Å². The molecule has 1 aromatic carbocycles. The van der Waals surface area contributed by atoms with Crippen molar-refractivity contribution in [3.63, 3.8) is 0 Å². The molecule has 1 saturated heterocycles. The minimum atomic E-state index is -0.377. The molecule has 5 heteroatoms. The van der Waals surface area contributed by atoms with Gasteiger partial charge in [-0.2, -0.15) is 0 Å². The van der Waals surface area contributed by atoms with Crippen LogP contribution in [0.15, 0.2) is 18.2 Å². The SMILES string of the molecule is CC1OCCC1N(C)C(CN)c1cccc(Cl)c1F. The Bertz CT molecular complexity index is 443. The monoisotopic (exact) mass is 286 g/mol. The van der Waals surface area contributed by atoms with Crippen molar-refractivity contribution in [2.45, 2.75) is 31.5 Å². The average molecular weight is 287 g/mol. The molecule has 0 amide bonds. The van der Waals surface area contributed by atoms with Gasteiger partial charge in [0.05, 0.1) is 17.2 Å². The maximum absolute atomic E-state index is 14.1. The summed E-state index contributed by atoms with van der Waals surface area (Å²) < 4.78 is 19.7. The molecule has 106 valence electrons. The van der Waals surface area contributed by atoms with Gasteiger partial charge in [-0.25, -0.2) is 4.39 Å². The molecule has 19 heavy (non-hydrogen) atoms. The smallest absolute Gasteiger partial charge is 0.146 e. The third kappa shape index (κ3) is 2.92. The average Bonchev–Trinajstić information content (AvgIpc) is 2.81. The summed E-state index contributed by atoms with van der Waals surface area (Å²) in [5.41, 5.74) is 6.40. The van der Waals surface area contributed by atoms with E-state index in [9.17, 15) is 4.39 Å². The second-order valence-corrected chi connectivity index (χ2v) is 5.40. The van der Waals surface area contributed by atoms with Crippen molar-refractivity contribution in [1.82, 2.24) is 4.90 Å². The van der Waals surface area contributed by atoms with Crippen molar-refractivity contribution in [1.29, 1.82) is 0 Å². The Morgan fingerprint density at radius 2 is 2.32 bits per heavy atom. The van der Waals surface area contributed by atoms with Crippen LogP contribution in [-0.4, -0.2) is 37.2 Å². The number of hydrogen-bond donors (Lipinski definition) is 1. The number of benzene rings is 1. The van der Waals surface area contributed by atoms with E-state index in [-0.39, 0.29) is 29.0 Å². The summed E-state index contributed by atoms with van der Waals surface area (Å²) in [6.45, 7) is 3.12. The Morgan fingerprint density at radius 3 is 2.89 bits per heavy atom. The lowest BCUT2D eigenvalue weighted by Crippen LogP contribution is -2.42. The van der Waals surface area contributed by atoms with Gasteiger partial charge in [-0.15, -0.1) is 0 Å². The van der Waals surface area contributed by atoms with E-state index in [2.05, 4.69) is 4.90 Å². The second-order valence-electron chi connectivity index (χ2n) is 4.99. The van der Waals surface area contributed by atoms with Crippen LogP contribution in [0.4, 0.5) is 4.39 Å². The van der Waals surface area contributed by atoms with Crippen molar-refractivity contribution < 1.29 is 9.13 Å². The molecular formula is C14H20ClFN2O. The van der Waals surface area contributed by atoms with Crippen LogP contribution in [0.3, 0.4) is 0 Å². The molecule has 3 atom stereocenters. The van der Waals surface area contributed by atoms with E-state index < -0.39 is 0 Å². The van der Waals surface area contributed by atoms with Crippen LogP contribution in [0.5, 0.6) is 0 Å². The van der Waals surface area contributed by atoms with Gasteiger partial charge in [0, 0.05) is 24.8 Å². The van der Waals surface area contributed by atoms with Gasteiger partial charge in [0.1, 0.15) is 5.82 Å². The summed E-state index contributed by atoms with van der Waals surface area (Å²) in [5.74, 6) is -0.377. The molecule has 1 heterocycles. The molecular weight excluding hydrogens is 267 g/mol. The molecule has 0 spiro atoms. The minimum Gasteiger partial charge on any atom is -0.377 e. The number of likely N-dealkylation sites (N-methyl/N-ethyl adjacent to an activating group) is 1. The fourth-order valence-electron chi connectivity index (χ4n) is 2.78. The maximum atomic E-state index is 14.1. The normalized spacial score (nSPS) is 24.9. The molecule has 1 fully saturated rings. The number of rotatable bonds is 4. The quantitative estimate of drug-likeness (QED) is 0.925. The largest absolute Gasteiger partial charge is 0.377 e. The number of nitrogens with two attached hydrogens (primary N) is 1. The van der Waals surface area contributed by atoms with Gasteiger partial charge in [-0.3, -0.25) is 4.90 Å². The van der Waals surface area contributed by atoms with Gasteiger partial charge < -0.3 is 10.5 Å². The molecule has 2 N–H and O–H groups in total. The van der Waals surface area contributed by atoms with Crippen LogP contribution in [0.1, 0.15) is 24.9 Å². The van der Waals surface area contributed by atoms with Crippen molar-refractivity contribution in [2.75, 3.05) is 20.2 Å². The first kappa shape index (κ1) is 14.7. The third-order valence-corrected chi connectivity index (χ3v) is 4.21. The third-order valence-electron chi connectivity index (χ3n) is 3.91. The molecule has 0 bridgehead atoms. The Kier molecular flexibility index (Phi) is 4.79. The zero-order chi connectivity index (χ0) is 14.0. The first-order valence-electron chi connectivity index (χ1n) is 6.53. The van der Waals surface area contributed by atoms with E-state index in [1.165, 1.54) is 0 Å². The van der Waals surface area contributed by atoms with E-state index in [1.54, 1.807) is 18.2 Å². The van der Waals surface area contributed by atoms with Crippen LogP contribution >= 0.6 is 11.6 Å². The first-order valence-corrected chi connectivity index (χ1v) is 6.91. The Labute approximate surface area is 118 Å².